The van der Waals surface area contributed by atoms with E-state index in [-0.39, 0.29) is 24.4 Å². The minimum Gasteiger partial charge on any atom is -0.497 e. The number of benzene rings is 1. The van der Waals surface area contributed by atoms with Crippen molar-refractivity contribution in [3.05, 3.63) is 41.1 Å². The predicted octanol–water partition coefficient (Wildman–Crippen LogP) is 2.26. The first-order valence-corrected chi connectivity index (χ1v) is 9.16. The molecule has 1 amide bonds. The van der Waals surface area contributed by atoms with Crippen LogP contribution in [0.5, 0.6) is 5.75 Å². The Hall–Kier alpha value is -1.75. The predicted molar refractivity (Wildman–Crippen MR) is 100 cm³/mol. The van der Waals surface area contributed by atoms with E-state index in [9.17, 15) is 13.6 Å². The third-order valence-corrected chi connectivity index (χ3v) is 5.35. The van der Waals surface area contributed by atoms with Crippen molar-refractivity contribution < 1.29 is 18.3 Å². The minimum absolute atomic E-state index is 0.157. The number of ether oxygens (including phenoxy) is 1. The Labute approximate surface area is 163 Å². The number of rotatable bonds is 3. The summed E-state index contributed by atoms with van der Waals surface area (Å²) in [5.41, 5.74) is 0.870. The number of carbonyl (C=O) groups is 1. The van der Waals surface area contributed by atoms with Crippen molar-refractivity contribution in [2.75, 3.05) is 33.3 Å². The second-order valence-electron chi connectivity index (χ2n) is 6.38. The van der Waals surface area contributed by atoms with E-state index in [1.54, 1.807) is 7.11 Å². The maximum absolute atomic E-state index is 14.7. The second kappa shape index (κ2) is 6.45. The number of fused-ring (bicyclic) bond motifs is 2. The molecule has 1 aromatic carbocycles. The average Bonchev–Trinajstić information content (AvgIpc) is 3.06. The van der Waals surface area contributed by atoms with Crippen LogP contribution in [0.4, 0.5) is 8.78 Å². The topological polar surface area (TPSA) is 48.4 Å². The molecule has 3 heterocycles. The van der Waals surface area contributed by atoms with Crippen LogP contribution >= 0.6 is 22.9 Å². The molecule has 0 saturated carbocycles. The fourth-order valence-corrected chi connectivity index (χ4v) is 4.30. The summed E-state index contributed by atoms with van der Waals surface area (Å²) in [6, 6.07) is 7.33. The highest BCUT2D eigenvalue weighted by atomic mass is 127. The van der Waals surface area contributed by atoms with E-state index < -0.39 is 18.4 Å². The first-order chi connectivity index (χ1) is 12.4. The quantitative estimate of drug-likeness (QED) is 0.499. The van der Waals surface area contributed by atoms with Crippen LogP contribution in [-0.2, 0) is 11.3 Å². The molecule has 6 nitrogen and oxygen atoms in total. The molecular weight excluding hydrogens is 457 g/mol. The summed E-state index contributed by atoms with van der Waals surface area (Å²) in [7, 11) is 1.58. The van der Waals surface area contributed by atoms with Gasteiger partial charge in [0.15, 0.2) is 0 Å². The summed E-state index contributed by atoms with van der Waals surface area (Å²) in [6.07, 6.45) is 0. The molecular formula is C17H17F2IN4O2. The number of nitrogens with zero attached hydrogens (tertiary/aromatic N) is 4. The van der Waals surface area contributed by atoms with Crippen LogP contribution in [-0.4, -0.2) is 64.0 Å². The molecule has 0 atom stereocenters. The Morgan fingerprint density at radius 3 is 2.73 bits per heavy atom. The van der Waals surface area contributed by atoms with Crippen molar-refractivity contribution in [3.63, 3.8) is 0 Å². The Balaban J connectivity index is 1.71. The van der Waals surface area contributed by atoms with Gasteiger partial charge in [-0.2, -0.15) is 8.78 Å². The van der Waals surface area contributed by atoms with Gasteiger partial charge in [0.05, 0.1) is 32.3 Å². The van der Waals surface area contributed by atoms with Gasteiger partial charge >= 0.3 is 5.92 Å². The zero-order chi connectivity index (χ0) is 18.5. The molecule has 3 aliphatic heterocycles. The van der Waals surface area contributed by atoms with Gasteiger partial charge in [0.2, 0.25) is 5.96 Å². The number of hydrogen-bond acceptors (Lipinski definition) is 5. The van der Waals surface area contributed by atoms with Crippen molar-refractivity contribution in [1.82, 2.24) is 12.9 Å². The van der Waals surface area contributed by atoms with E-state index in [4.69, 9.17) is 4.74 Å². The molecule has 3 aliphatic rings. The van der Waals surface area contributed by atoms with Gasteiger partial charge in [0, 0.05) is 36.0 Å². The normalized spacial score (nSPS) is 22.3. The smallest absolute Gasteiger partial charge is 0.301 e. The molecule has 0 aliphatic carbocycles. The van der Waals surface area contributed by atoms with Crippen molar-refractivity contribution in [2.24, 2.45) is 4.99 Å². The summed E-state index contributed by atoms with van der Waals surface area (Å²) in [6.45, 7) is 0.858. The van der Waals surface area contributed by atoms with E-state index in [2.05, 4.69) is 4.99 Å². The summed E-state index contributed by atoms with van der Waals surface area (Å²) >= 11 is 1.85. The zero-order valence-corrected chi connectivity index (χ0v) is 16.2. The maximum atomic E-state index is 14.7. The van der Waals surface area contributed by atoms with Gasteiger partial charge in [-0.25, -0.2) is 3.11 Å². The largest absolute Gasteiger partial charge is 0.497 e. The van der Waals surface area contributed by atoms with Gasteiger partial charge in [-0.3, -0.25) is 14.7 Å². The number of guanidine groups is 1. The maximum Gasteiger partial charge on any atom is 0.301 e. The van der Waals surface area contributed by atoms with E-state index in [0.29, 0.717) is 19.0 Å². The summed E-state index contributed by atoms with van der Waals surface area (Å²) in [5, 5.41) is 0. The number of hydrogen-bond donors (Lipinski definition) is 0. The van der Waals surface area contributed by atoms with E-state index in [1.165, 1.54) is 12.9 Å². The molecule has 4 rings (SSSR count). The van der Waals surface area contributed by atoms with E-state index in [1.807, 2.05) is 47.1 Å². The molecule has 26 heavy (non-hydrogen) atoms. The highest BCUT2D eigenvalue weighted by Gasteiger charge is 2.52. The molecule has 0 radical (unpaired) electrons. The monoisotopic (exact) mass is 474 g/mol. The Kier molecular flexibility index (Phi) is 4.38. The van der Waals surface area contributed by atoms with Crippen LogP contribution in [0.15, 0.2) is 40.5 Å². The highest BCUT2D eigenvalue weighted by Crippen LogP contribution is 2.40. The minimum atomic E-state index is -3.07. The number of alkyl halides is 2. The van der Waals surface area contributed by atoms with Gasteiger partial charge in [0.1, 0.15) is 11.4 Å². The van der Waals surface area contributed by atoms with Crippen LogP contribution < -0.4 is 4.74 Å². The zero-order valence-electron chi connectivity index (χ0n) is 14.1. The van der Waals surface area contributed by atoms with Crippen LogP contribution in [0.1, 0.15) is 5.56 Å². The SMILES string of the molecule is COc1ccc(CN2C(=O)C3=C(N4CCN=C24)C(F)(F)CN(I)C3)cc1. The van der Waals surface area contributed by atoms with E-state index in [0.717, 1.165) is 11.3 Å². The lowest BCUT2D eigenvalue weighted by atomic mass is 9.99. The van der Waals surface area contributed by atoms with Crippen LogP contribution in [0, 0.1) is 0 Å². The molecule has 138 valence electrons. The summed E-state index contributed by atoms with van der Waals surface area (Å²) in [5.74, 6) is -2.42. The number of amides is 1. The number of halogens is 3. The highest BCUT2D eigenvalue weighted by molar-refractivity contribution is 14.1. The summed E-state index contributed by atoms with van der Waals surface area (Å²) < 4.78 is 35.9. The molecule has 1 aromatic rings. The number of methoxy groups -OCH3 is 1. The first-order valence-electron chi connectivity index (χ1n) is 8.19. The van der Waals surface area contributed by atoms with Crippen LogP contribution in [0.3, 0.4) is 0 Å². The molecule has 0 aromatic heterocycles. The molecule has 0 unspecified atom stereocenters. The molecule has 9 heteroatoms. The van der Waals surface area contributed by atoms with Crippen LogP contribution in [0.2, 0.25) is 0 Å². The molecule has 0 bridgehead atoms. The van der Waals surface area contributed by atoms with Crippen molar-refractivity contribution in [3.8, 4) is 5.75 Å². The van der Waals surface area contributed by atoms with Gasteiger partial charge < -0.3 is 9.64 Å². The van der Waals surface area contributed by atoms with Gasteiger partial charge in [-0.15, -0.1) is 0 Å². The molecule has 0 spiro atoms. The number of aliphatic imine (C=N–C) groups is 1. The Morgan fingerprint density at radius 1 is 1.31 bits per heavy atom. The van der Waals surface area contributed by atoms with Gasteiger partial charge in [-0.05, 0) is 17.7 Å². The lowest BCUT2D eigenvalue weighted by Gasteiger charge is -2.43. The van der Waals surface area contributed by atoms with Crippen molar-refractivity contribution in [1.29, 1.82) is 0 Å². The fourth-order valence-electron chi connectivity index (χ4n) is 3.53. The van der Waals surface area contributed by atoms with E-state index >= 15 is 0 Å². The van der Waals surface area contributed by atoms with Crippen LogP contribution in [0.25, 0.3) is 0 Å². The Bertz CT molecular complexity index is 809. The summed E-state index contributed by atoms with van der Waals surface area (Å²) in [4.78, 5) is 20.4. The standard InChI is InChI=1S/C17H17F2IN4O2/c1-26-12-4-2-11(3-5-12)8-24-15(25)13-9-22(20)10-17(18,19)14(13)23-7-6-21-16(23)24/h2-5H,6-10H2,1H3. The van der Waals surface area contributed by atoms with Crippen molar-refractivity contribution >= 4 is 34.7 Å². The first kappa shape index (κ1) is 17.7. The molecule has 0 fully saturated rings. The van der Waals surface area contributed by atoms with Gasteiger partial charge in [0.25, 0.3) is 5.91 Å². The lowest BCUT2D eigenvalue weighted by molar-refractivity contribution is -0.126. The third-order valence-electron chi connectivity index (χ3n) is 4.66. The van der Waals surface area contributed by atoms with Crippen molar-refractivity contribution in [2.45, 2.75) is 12.5 Å². The third kappa shape index (κ3) is 2.86. The Morgan fingerprint density at radius 2 is 2.04 bits per heavy atom. The lowest BCUT2D eigenvalue weighted by Crippen LogP contribution is -2.58. The average molecular weight is 474 g/mol. The molecule has 0 N–H and O–H groups in total. The molecule has 0 saturated heterocycles. The fraction of sp³-hybridized carbons (Fsp3) is 0.412. The van der Waals surface area contributed by atoms with Gasteiger partial charge in [-0.1, -0.05) is 12.1 Å². The number of carbonyl (C=O) groups excluding carboxylic acids is 1. The second-order valence-corrected chi connectivity index (χ2v) is 7.75.